The van der Waals surface area contributed by atoms with E-state index in [4.69, 9.17) is 38.1 Å². The molecule has 1 aromatic rings. The number of Topliss-reactive ketones (excluding diaryl/α,β-unsaturated/α-hetero) is 1. The topological polar surface area (TPSA) is 135 Å². The largest absolute Gasteiger partial charge is 0.462 e. The van der Waals surface area contributed by atoms with Crippen LogP contribution >= 0.6 is 11.3 Å². The van der Waals surface area contributed by atoms with Crippen molar-refractivity contribution in [1.82, 2.24) is 9.88 Å². The van der Waals surface area contributed by atoms with E-state index in [2.05, 4.69) is 45.8 Å². The van der Waals surface area contributed by atoms with E-state index in [9.17, 15) is 14.7 Å². The number of carbonyl (C=O) groups is 2. The van der Waals surface area contributed by atoms with E-state index in [-0.39, 0.29) is 103 Å². The van der Waals surface area contributed by atoms with Gasteiger partial charge in [0.2, 0.25) is 0 Å². The minimum Gasteiger partial charge on any atom is -0.462 e. The molecule has 12 nitrogen and oxygen atoms in total. The van der Waals surface area contributed by atoms with Crippen molar-refractivity contribution in [2.75, 3.05) is 35.4 Å². The molecule has 2 saturated heterocycles. The first-order valence-corrected chi connectivity index (χ1v) is 22.4. The number of aromatic nitrogens is 1. The van der Waals surface area contributed by atoms with Gasteiger partial charge < -0.3 is 43.2 Å². The summed E-state index contributed by atoms with van der Waals surface area (Å²) in [5.74, 6) is -1.20. The molecule has 13 heteroatoms. The number of esters is 1. The van der Waals surface area contributed by atoms with Crippen molar-refractivity contribution in [3.63, 3.8) is 0 Å². The fourth-order valence-corrected chi connectivity index (χ4v) is 13.2. The van der Waals surface area contributed by atoms with Crippen LogP contribution < -0.4 is 0 Å². The van der Waals surface area contributed by atoms with Crippen molar-refractivity contribution < 1.29 is 47.9 Å². The van der Waals surface area contributed by atoms with Gasteiger partial charge in [-0.3, -0.25) is 9.59 Å². The SMILES string of the molecule is CC[C@H]1CCC[C@H](OC2CC[C@H](N(C)C)C(C)O2)[C@@H](C)C(=O)C2=C[C@H]3C4C[C@H](O[C@H](O)C5C(OC)C(C)[C@H](OC)C5OC)C[C@H]4c4nc(C)sc4[C@H]3[C@@H]2CC(=O)O1. The van der Waals surface area contributed by atoms with Crippen molar-refractivity contribution >= 4 is 23.1 Å². The van der Waals surface area contributed by atoms with E-state index in [1.165, 1.54) is 4.88 Å². The van der Waals surface area contributed by atoms with Crippen LogP contribution in [0.15, 0.2) is 11.6 Å². The number of nitrogens with zero attached hydrogens (tertiary/aromatic N) is 2. The lowest BCUT2D eigenvalue weighted by molar-refractivity contribution is -0.231. The fourth-order valence-electron chi connectivity index (χ4n) is 11.9. The molecule has 3 heterocycles. The summed E-state index contributed by atoms with van der Waals surface area (Å²) in [6, 6.07) is 0.319. The van der Waals surface area contributed by atoms with Crippen molar-refractivity contribution in [3.8, 4) is 0 Å². The van der Waals surface area contributed by atoms with E-state index >= 15 is 0 Å². The average Bonchev–Trinajstić information content (AvgIpc) is 3.93. The Balaban J connectivity index is 1.17. The number of aliphatic hydroxyl groups is 1. The lowest BCUT2D eigenvalue weighted by Gasteiger charge is -2.40. The maximum atomic E-state index is 15.0. The summed E-state index contributed by atoms with van der Waals surface area (Å²) in [5.41, 5.74) is 1.78. The molecule has 320 valence electrons. The van der Waals surface area contributed by atoms with Crippen LogP contribution in [-0.4, -0.2) is 124 Å². The Kier molecular flexibility index (Phi) is 13.7. The van der Waals surface area contributed by atoms with Gasteiger partial charge in [-0.25, -0.2) is 4.98 Å². The van der Waals surface area contributed by atoms with Crippen molar-refractivity contribution in [2.24, 2.45) is 35.5 Å². The van der Waals surface area contributed by atoms with Crippen molar-refractivity contribution in [3.05, 3.63) is 27.2 Å². The van der Waals surface area contributed by atoms with Crippen LogP contribution in [0.25, 0.3) is 0 Å². The molecular formula is C44H68N2O10S. The highest BCUT2D eigenvalue weighted by Crippen LogP contribution is 2.62. The normalized spacial score (nSPS) is 43.0. The summed E-state index contributed by atoms with van der Waals surface area (Å²) in [5, 5.41) is 12.7. The molecule has 0 radical (unpaired) electrons. The molecule has 2 aliphatic heterocycles. The number of methoxy groups -OCH3 is 3. The van der Waals surface area contributed by atoms with E-state index in [0.29, 0.717) is 25.3 Å². The molecule has 57 heavy (non-hydrogen) atoms. The number of rotatable bonds is 10. The van der Waals surface area contributed by atoms with Gasteiger partial charge in [-0.2, -0.15) is 0 Å². The second-order valence-corrected chi connectivity index (χ2v) is 19.3. The average molecular weight is 817 g/mol. The number of ether oxygens (including phenoxy) is 7. The zero-order valence-electron chi connectivity index (χ0n) is 35.8. The fraction of sp³-hybridized carbons (Fsp3) is 0.841. The van der Waals surface area contributed by atoms with Gasteiger partial charge in [-0.05, 0) is 96.7 Å². The highest BCUT2D eigenvalue weighted by atomic mass is 32.1. The Hall–Kier alpha value is -1.81. The van der Waals surface area contributed by atoms with E-state index in [0.717, 1.165) is 48.4 Å². The highest BCUT2D eigenvalue weighted by molar-refractivity contribution is 7.11. The Morgan fingerprint density at radius 3 is 2.39 bits per heavy atom. The maximum absolute atomic E-state index is 15.0. The van der Waals surface area contributed by atoms with Gasteiger partial charge in [0.05, 0.1) is 59.7 Å². The second-order valence-electron chi connectivity index (χ2n) is 18.1. The maximum Gasteiger partial charge on any atom is 0.306 e. The number of allylic oxidation sites excluding steroid dienone is 2. The first kappa shape index (κ1) is 43.3. The number of aliphatic hydroxyl groups excluding tert-OH is 1. The van der Waals surface area contributed by atoms with Gasteiger partial charge in [-0.1, -0.05) is 26.8 Å². The molecule has 7 unspecified atom stereocenters. The molecule has 4 aliphatic carbocycles. The number of cyclic esters (lactones) is 1. The highest BCUT2D eigenvalue weighted by Gasteiger charge is 2.58. The Labute approximate surface area is 343 Å². The van der Waals surface area contributed by atoms with E-state index in [1.807, 2.05) is 13.8 Å². The third-order valence-electron chi connectivity index (χ3n) is 14.7. The lowest BCUT2D eigenvalue weighted by Crippen LogP contribution is -2.47. The molecule has 1 aromatic heterocycles. The number of hydrogen-bond acceptors (Lipinski definition) is 13. The first-order valence-electron chi connectivity index (χ1n) is 21.6. The number of thiazole rings is 1. The van der Waals surface area contributed by atoms with E-state index < -0.39 is 18.1 Å². The third kappa shape index (κ3) is 8.32. The molecule has 2 saturated carbocycles. The zero-order chi connectivity index (χ0) is 40.9. The smallest absolute Gasteiger partial charge is 0.306 e. The van der Waals surface area contributed by atoms with Gasteiger partial charge >= 0.3 is 5.97 Å². The van der Waals surface area contributed by atoms with Crippen LogP contribution in [0.1, 0.15) is 113 Å². The molecule has 18 atom stereocenters. The molecule has 4 fully saturated rings. The van der Waals surface area contributed by atoms with E-state index in [1.54, 1.807) is 32.7 Å². The number of hydrogen-bond donors (Lipinski definition) is 1. The molecule has 0 spiro atoms. The predicted molar refractivity (Wildman–Crippen MR) is 215 cm³/mol. The number of aryl methyl sites for hydroxylation is 1. The number of ketones is 1. The number of carbonyl (C=O) groups excluding carboxylic acids is 2. The molecule has 7 rings (SSSR count). The van der Waals surface area contributed by atoms with Gasteiger partial charge in [-0.15, -0.1) is 11.3 Å². The summed E-state index contributed by atoms with van der Waals surface area (Å²) in [7, 11) is 9.14. The van der Waals surface area contributed by atoms with Crippen LogP contribution in [0.5, 0.6) is 0 Å². The number of likely N-dealkylation sites (N-methyl/N-ethyl adjacent to an activating group) is 1. The summed E-state index contributed by atoms with van der Waals surface area (Å²) < 4.78 is 43.6. The van der Waals surface area contributed by atoms with Crippen LogP contribution in [0.2, 0.25) is 0 Å². The number of fused-ring (bicyclic) bond motifs is 8. The van der Waals surface area contributed by atoms with Gasteiger partial charge in [0.1, 0.15) is 6.10 Å². The minimum atomic E-state index is -1.12. The molecule has 1 N–H and O–H groups in total. The standard InChI is InChI=1S/C44H68N2O10S/c1-11-25-13-12-14-33(56-35-16-15-32(46(6)7)23(4)53-35)21(2)39(48)31-19-28-27-17-26(55-44(49)37-40(50-8)22(3)41(51-9)42(37)52-10)18-30(27)38-43(57-24(5)45-38)36(28)29(31)20-34(47)54-25/h19,21-23,25-30,32-33,35-37,40-42,44,49H,11-18,20H2,1-10H3/t21-,22?,23?,25+,26+,27?,28+,29-,30-,32+,33+,35?,36-,37?,40?,41+,42?,44+/m1/s1. The molecule has 0 bridgehead atoms. The van der Waals surface area contributed by atoms with Crippen LogP contribution in [0.4, 0.5) is 0 Å². The van der Waals surface area contributed by atoms with Crippen LogP contribution in [-0.2, 0) is 42.7 Å². The predicted octanol–water partition coefficient (Wildman–Crippen LogP) is 6.17. The van der Waals surface area contributed by atoms with Crippen LogP contribution in [0.3, 0.4) is 0 Å². The Bertz CT molecular complexity index is 1600. The zero-order valence-corrected chi connectivity index (χ0v) is 36.6. The molecular weight excluding hydrogens is 749 g/mol. The second kappa shape index (κ2) is 18.0. The third-order valence-corrected chi connectivity index (χ3v) is 15.8. The quantitative estimate of drug-likeness (QED) is 0.214. The van der Waals surface area contributed by atoms with Gasteiger partial charge in [0.15, 0.2) is 18.4 Å². The van der Waals surface area contributed by atoms with Crippen LogP contribution in [0, 0.1) is 42.4 Å². The summed E-state index contributed by atoms with van der Waals surface area (Å²) in [6.45, 7) is 10.3. The Morgan fingerprint density at radius 1 is 0.982 bits per heavy atom. The molecule has 0 aromatic carbocycles. The summed E-state index contributed by atoms with van der Waals surface area (Å²) >= 11 is 1.69. The summed E-state index contributed by atoms with van der Waals surface area (Å²) in [4.78, 5) is 37.3. The Morgan fingerprint density at radius 2 is 1.72 bits per heavy atom. The van der Waals surface area contributed by atoms with Crippen molar-refractivity contribution in [1.29, 1.82) is 0 Å². The first-order chi connectivity index (χ1) is 27.3. The lowest BCUT2D eigenvalue weighted by atomic mass is 9.67. The summed E-state index contributed by atoms with van der Waals surface area (Å²) in [6.07, 6.45) is 5.25. The van der Waals surface area contributed by atoms with Gasteiger partial charge in [0, 0.05) is 61.8 Å². The minimum absolute atomic E-state index is 0.00248. The molecule has 0 amide bonds. The van der Waals surface area contributed by atoms with Crippen molar-refractivity contribution in [2.45, 2.75) is 166 Å². The molecule has 6 aliphatic rings. The monoisotopic (exact) mass is 816 g/mol. The van der Waals surface area contributed by atoms with Gasteiger partial charge in [0.25, 0.3) is 0 Å².